The van der Waals surface area contributed by atoms with E-state index in [9.17, 15) is 9.90 Å². The average Bonchev–Trinajstić information content (AvgIpc) is 3.24. The lowest BCUT2D eigenvalue weighted by Gasteiger charge is -2.20. The fourth-order valence-corrected chi connectivity index (χ4v) is 2.38. The van der Waals surface area contributed by atoms with E-state index in [4.69, 9.17) is 4.74 Å². The molecule has 2 unspecified atom stereocenters. The van der Waals surface area contributed by atoms with Crippen LogP contribution in [0.1, 0.15) is 56.3 Å². The molecule has 104 valence electrons. The molecule has 0 radical (unpaired) electrons. The Labute approximate surface area is 114 Å². The normalized spacial score (nSPS) is 17.8. The zero-order valence-electron chi connectivity index (χ0n) is 11.6. The van der Waals surface area contributed by atoms with Crippen LogP contribution in [-0.4, -0.2) is 17.7 Å². The van der Waals surface area contributed by atoms with Crippen LogP contribution in [0.5, 0.6) is 0 Å². The zero-order valence-corrected chi connectivity index (χ0v) is 11.6. The maximum absolute atomic E-state index is 11.8. The Kier molecular flexibility index (Phi) is 4.59. The Bertz CT molecular complexity index is 420. The minimum absolute atomic E-state index is 0.316. The Morgan fingerprint density at radius 1 is 1.32 bits per heavy atom. The van der Waals surface area contributed by atoms with Gasteiger partial charge in [0.05, 0.1) is 18.6 Å². The SMILES string of the molecule is CCOC(=O)C(CC)C(O)c1ccc(C2CC2)cc1. The van der Waals surface area contributed by atoms with Gasteiger partial charge < -0.3 is 9.84 Å². The predicted molar refractivity (Wildman–Crippen MR) is 73.8 cm³/mol. The van der Waals surface area contributed by atoms with Crippen molar-refractivity contribution in [2.45, 2.75) is 45.1 Å². The minimum atomic E-state index is -0.780. The van der Waals surface area contributed by atoms with Gasteiger partial charge in [-0.25, -0.2) is 0 Å². The first-order valence-electron chi connectivity index (χ1n) is 7.11. The summed E-state index contributed by atoms with van der Waals surface area (Å²) in [6.07, 6.45) is 2.33. The van der Waals surface area contributed by atoms with Gasteiger partial charge in [-0.15, -0.1) is 0 Å². The summed E-state index contributed by atoms with van der Waals surface area (Å²) in [5, 5.41) is 10.3. The van der Waals surface area contributed by atoms with Gasteiger partial charge in [0, 0.05) is 0 Å². The second-order valence-corrected chi connectivity index (χ2v) is 5.15. The van der Waals surface area contributed by atoms with Crippen molar-refractivity contribution in [2.75, 3.05) is 6.61 Å². The van der Waals surface area contributed by atoms with E-state index >= 15 is 0 Å². The minimum Gasteiger partial charge on any atom is -0.466 e. The van der Waals surface area contributed by atoms with E-state index in [2.05, 4.69) is 12.1 Å². The Morgan fingerprint density at radius 3 is 2.42 bits per heavy atom. The third kappa shape index (κ3) is 3.35. The summed E-state index contributed by atoms with van der Waals surface area (Å²) in [4.78, 5) is 11.8. The molecule has 19 heavy (non-hydrogen) atoms. The topological polar surface area (TPSA) is 46.5 Å². The Balaban J connectivity index is 2.07. The van der Waals surface area contributed by atoms with Crippen molar-refractivity contribution >= 4 is 5.97 Å². The smallest absolute Gasteiger partial charge is 0.311 e. The fourth-order valence-electron chi connectivity index (χ4n) is 2.38. The molecular weight excluding hydrogens is 240 g/mol. The van der Waals surface area contributed by atoms with Crippen molar-refractivity contribution < 1.29 is 14.6 Å². The molecule has 0 heterocycles. The highest BCUT2D eigenvalue weighted by atomic mass is 16.5. The summed E-state index contributed by atoms with van der Waals surface area (Å²) in [7, 11) is 0. The van der Waals surface area contributed by atoms with E-state index in [0.717, 1.165) is 5.56 Å². The number of benzene rings is 1. The number of hydrogen-bond donors (Lipinski definition) is 1. The lowest BCUT2D eigenvalue weighted by Crippen LogP contribution is -2.24. The van der Waals surface area contributed by atoms with E-state index in [0.29, 0.717) is 18.9 Å². The van der Waals surface area contributed by atoms with Crippen molar-refractivity contribution in [2.24, 2.45) is 5.92 Å². The van der Waals surface area contributed by atoms with Crippen molar-refractivity contribution in [1.29, 1.82) is 0 Å². The Hall–Kier alpha value is -1.35. The van der Waals surface area contributed by atoms with Crippen molar-refractivity contribution in [3.05, 3.63) is 35.4 Å². The summed E-state index contributed by atoms with van der Waals surface area (Å²) in [5.74, 6) is -0.0892. The van der Waals surface area contributed by atoms with Crippen LogP contribution in [0, 0.1) is 5.92 Å². The fraction of sp³-hybridized carbons (Fsp3) is 0.562. The molecule has 3 heteroatoms. The third-order valence-corrected chi connectivity index (χ3v) is 3.74. The van der Waals surface area contributed by atoms with Gasteiger partial charge >= 0.3 is 5.97 Å². The summed E-state index contributed by atoms with van der Waals surface area (Å²) in [5.41, 5.74) is 2.13. The van der Waals surface area contributed by atoms with Crippen LogP contribution < -0.4 is 0 Å². The maximum atomic E-state index is 11.8. The highest BCUT2D eigenvalue weighted by Crippen LogP contribution is 2.40. The average molecular weight is 262 g/mol. The molecule has 0 amide bonds. The van der Waals surface area contributed by atoms with E-state index in [1.54, 1.807) is 6.92 Å². The lowest BCUT2D eigenvalue weighted by molar-refractivity contribution is -0.152. The van der Waals surface area contributed by atoms with Crippen LogP contribution >= 0.6 is 0 Å². The van der Waals surface area contributed by atoms with E-state index in [-0.39, 0.29) is 5.97 Å². The van der Waals surface area contributed by atoms with Gasteiger partial charge in [-0.1, -0.05) is 31.2 Å². The summed E-state index contributed by atoms with van der Waals surface area (Å²) in [6.45, 7) is 4.02. The third-order valence-electron chi connectivity index (χ3n) is 3.74. The second-order valence-electron chi connectivity index (χ2n) is 5.15. The molecule has 2 atom stereocenters. The van der Waals surface area contributed by atoms with Gasteiger partial charge in [0.2, 0.25) is 0 Å². The largest absolute Gasteiger partial charge is 0.466 e. The number of aliphatic hydroxyl groups is 1. The predicted octanol–water partition coefficient (Wildman–Crippen LogP) is 3.19. The molecule has 3 nitrogen and oxygen atoms in total. The zero-order chi connectivity index (χ0) is 13.8. The number of carbonyl (C=O) groups is 1. The quantitative estimate of drug-likeness (QED) is 0.801. The van der Waals surface area contributed by atoms with Gasteiger partial charge in [-0.3, -0.25) is 4.79 Å². The standard InChI is InChI=1S/C16H22O3/c1-3-14(16(18)19-4-2)15(17)13-9-7-12(8-10-13)11-5-6-11/h7-11,14-15,17H,3-6H2,1-2H3. The molecule has 0 spiro atoms. The first-order valence-corrected chi connectivity index (χ1v) is 7.11. The van der Waals surface area contributed by atoms with E-state index in [1.807, 2.05) is 19.1 Å². The molecule has 1 fully saturated rings. The number of esters is 1. The summed E-state index contributed by atoms with van der Waals surface area (Å²) < 4.78 is 5.01. The highest BCUT2D eigenvalue weighted by molar-refractivity contribution is 5.73. The van der Waals surface area contributed by atoms with Gasteiger partial charge in [-0.2, -0.15) is 0 Å². The molecule has 2 rings (SSSR count). The molecule has 1 aromatic rings. The monoisotopic (exact) mass is 262 g/mol. The number of ether oxygens (including phenoxy) is 1. The molecular formula is C16H22O3. The van der Waals surface area contributed by atoms with E-state index < -0.39 is 12.0 Å². The van der Waals surface area contributed by atoms with Crippen LogP contribution in [0.15, 0.2) is 24.3 Å². The van der Waals surface area contributed by atoms with Crippen molar-refractivity contribution in [3.8, 4) is 0 Å². The summed E-state index contributed by atoms with van der Waals surface area (Å²) >= 11 is 0. The first-order chi connectivity index (χ1) is 9.17. The molecule has 1 saturated carbocycles. The molecule has 0 aromatic heterocycles. The van der Waals surface area contributed by atoms with Crippen LogP contribution in [0.2, 0.25) is 0 Å². The number of rotatable bonds is 6. The molecule has 1 aliphatic carbocycles. The van der Waals surface area contributed by atoms with Gasteiger partial charge in [-0.05, 0) is 43.2 Å². The van der Waals surface area contributed by atoms with Crippen LogP contribution in [0.4, 0.5) is 0 Å². The molecule has 1 aromatic carbocycles. The summed E-state index contributed by atoms with van der Waals surface area (Å²) in [6, 6.07) is 7.99. The van der Waals surface area contributed by atoms with Gasteiger partial charge in [0.1, 0.15) is 0 Å². The number of hydrogen-bond acceptors (Lipinski definition) is 3. The molecule has 1 aliphatic rings. The molecule has 1 N–H and O–H groups in total. The number of aliphatic hydroxyl groups excluding tert-OH is 1. The van der Waals surface area contributed by atoms with Crippen LogP contribution in [0.3, 0.4) is 0 Å². The lowest BCUT2D eigenvalue weighted by atomic mass is 9.92. The van der Waals surface area contributed by atoms with Crippen LogP contribution in [-0.2, 0) is 9.53 Å². The molecule has 0 saturated heterocycles. The molecule has 0 bridgehead atoms. The highest BCUT2D eigenvalue weighted by Gasteiger charge is 2.28. The van der Waals surface area contributed by atoms with Gasteiger partial charge in [0.25, 0.3) is 0 Å². The second kappa shape index (κ2) is 6.20. The van der Waals surface area contributed by atoms with E-state index in [1.165, 1.54) is 18.4 Å². The first kappa shape index (κ1) is 14.1. The van der Waals surface area contributed by atoms with Gasteiger partial charge in [0.15, 0.2) is 0 Å². The number of carbonyl (C=O) groups excluding carboxylic acids is 1. The molecule has 0 aliphatic heterocycles. The maximum Gasteiger partial charge on any atom is 0.311 e. The van der Waals surface area contributed by atoms with Crippen LogP contribution in [0.25, 0.3) is 0 Å². The Morgan fingerprint density at radius 2 is 1.95 bits per heavy atom. The van der Waals surface area contributed by atoms with Crippen molar-refractivity contribution in [3.63, 3.8) is 0 Å². The van der Waals surface area contributed by atoms with Crippen molar-refractivity contribution in [1.82, 2.24) is 0 Å².